The van der Waals surface area contributed by atoms with E-state index in [1.54, 1.807) is 13.8 Å². The first-order valence-electron chi connectivity index (χ1n) is 10.5. The fraction of sp³-hybridized carbons (Fsp3) is 0.750. The number of hydrogen-bond acceptors (Lipinski definition) is 7. The lowest BCUT2D eigenvalue weighted by Crippen LogP contribution is -2.60. The van der Waals surface area contributed by atoms with E-state index in [2.05, 4.69) is 16.0 Å². The molecule has 0 spiro atoms. The zero-order valence-corrected chi connectivity index (χ0v) is 19.3. The summed E-state index contributed by atoms with van der Waals surface area (Å²) >= 11 is 0. The van der Waals surface area contributed by atoms with E-state index in [9.17, 15) is 34.2 Å². The molecule has 0 fully saturated rings. The topological polar surface area (TPSA) is 214 Å². The molecule has 0 aromatic carbocycles. The number of primary amides is 1. The van der Waals surface area contributed by atoms with Crippen LogP contribution >= 0.6 is 0 Å². The molecule has 5 atom stereocenters. The van der Waals surface area contributed by atoms with Crippen LogP contribution in [0.15, 0.2) is 0 Å². The molecule has 9 N–H and O–H groups in total. The molecule has 0 saturated carbocycles. The van der Waals surface area contributed by atoms with Crippen LogP contribution in [0, 0.1) is 11.8 Å². The van der Waals surface area contributed by atoms with Gasteiger partial charge in [-0.1, -0.05) is 27.7 Å². The summed E-state index contributed by atoms with van der Waals surface area (Å²) in [5.41, 5.74) is 10.8. The molecule has 0 rings (SSSR count). The van der Waals surface area contributed by atoms with E-state index in [4.69, 9.17) is 11.5 Å². The number of aliphatic hydroxyl groups is 1. The molecule has 4 amide bonds. The summed E-state index contributed by atoms with van der Waals surface area (Å²) in [6.07, 6.45) is -1.66. The zero-order valence-electron chi connectivity index (χ0n) is 19.3. The first-order chi connectivity index (χ1) is 14.7. The van der Waals surface area contributed by atoms with E-state index < -0.39 is 59.9 Å². The molecule has 0 aliphatic heterocycles. The molecule has 5 unspecified atom stereocenters. The highest BCUT2D eigenvalue weighted by Gasteiger charge is 2.33. The Balaban J connectivity index is 5.43. The number of carbonyl (C=O) groups excluding carboxylic acids is 4. The van der Waals surface area contributed by atoms with Gasteiger partial charge in [0, 0.05) is 6.42 Å². The van der Waals surface area contributed by atoms with Crippen LogP contribution in [0.3, 0.4) is 0 Å². The Kier molecular flexibility index (Phi) is 12.5. The number of carboxylic acids is 1. The van der Waals surface area contributed by atoms with E-state index in [0.29, 0.717) is 0 Å². The fourth-order valence-electron chi connectivity index (χ4n) is 2.74. The summed E-state index contributed by atoms with van der Waals surface area (Å²) in [4.78, 5) is 60.0. The lowest BCUT2D eigenvalue weighted by atomic mass is 10.00. The number of hydrogen-bond donors (Lipinski definition) is 7. The van der Waals surface area contributed by atoms with Crippen LogP contribution in [0.2, 0.25) is 0 Å². The number of nitrogens with one attached hydrogen (secondary N) is 3. The average Bonchev–Trinajstić information content (AvgIpc) is 2.66. The molecular formula is C20H37N5O7. The highest BCUT2D eigenvalue weighted by atomic mass is 16.4. The molecule has 0 radical (unpaired) electrons. The lowest BCUT2D eigenvalue weighted by Gasteiger charge is -2.27. The number of aliphatic carboxylic acids is 1. The van der Waals surface area contributed by atoms with Crippen molar-refractivity contribution in [3.63, 3.8) is 0 Å². The van der Waals surface area contributed by atoms with Gasteiger partial charge < -0.3 is 37.6 Å². The monoisotopic (exact) mass is 459 g/mol. The van der Waals surface area contributed by atoms with Crippen molar-refractivity contribution < 1.29 is 34.2 Å². The SMILES string of the molecule is CC(C)CC(NC(=O)C(N)C(C)C)C(=O)NC(C(=O)NC(CCC(N)=O)C(=O)O)C(C)O. The Morgan fingerprint density at radius 1 is 0.844 bits per heavy atom. The summed E-state index contributed by atoms with van der Waals surface area (Å²) in [5.74, 6) is -4.52. The third-order valence-electron chi connectivity index (χ3n) is 4.72. The second-order valence-corrected chi connectivity index (χ2v) is 8.59. The molecule has 0 aliphatic rings. The van der Waals surface area contributed by atoms with Gasteiger partial charge in [-0.2, -0.15) is 0 Å². The number of rotatable bonds is 14. The molecule has 0 saturated heterocycles. The first-order valence-corrected chi connectivity index (χ1v) is 10.5. The van der Waals surface area contributed by atoms with Gasteiger partial charge in [-0.25, -0.2) is 4.79 Å². The van der Waals surface area contributed by atoms with Crippen LogP contribution < -0.4 is 27.4 Å². The van der Waals surface area contributed by atoms with E-state index >= 15 is 0 Å². The first kappa shape index (κ1) is 29.3. The van der Waals surface area contributed by atoms with Crippen molar-refractivity contribution in [2.24, 2.45) is 23.3 Å². The fourth-order valence-corrected chi connectivity index (χ4v) is 2.74. The Labute approximate surface area is 187 Å². The summed E-state index contributed by atoms with van der Waals surface area (Å²) in [6.45, 7) is 8.43. The van der Waals surface area contributed by atoms with Gasteiger partial charge in [-0.3, -0.25) is 19.2 Å². The third kappa shape index (κ3) is 10.5. The Bertz CT molecular complexity index is 681. The van der Waals surface area contributed by atoms with E-state index in [1.165, 1.54) is 6.92 Å². The Morgan fingerprint density at radius 3 is 1.78 bits per heavy atom. The van der Waals surface area contributed by atoms with Gasteiger partial charge in [0.1, 0.15) is 18.1 Å². The van der Waals surface area contributed by atoms with E-state index in [0.717, 1.165) is 0 Å². The summed E-state index contributed by atoms with van der Waals surface area (Å²) in [7, 11) is 0. The molecular weight excluding hydrogens is 422 g/mol. The average molecular weight is 460 g/mol. The van der Waals surface area contributed by atoms with Crippen LogP contribution in [0.1, 0.15) is 53.9 Å². The van der Waals surface area contributed by atoms with Crippen molar-refractivity contribution in [2.75, 3.05) is 0 Å². The van der Waals surface area contributed by atoms with Gasteiger partial charge in [0.2, 0.25) is 23.6 Å². The molecule has 0 aliphatic carbocycles. The number of amides is 4. The second kappa shape index (κ2) is 13.6. The molecule has 0 aromatic heterocycles. The maximum atomic E-state index is 12.8. The van der Waals surface area contributed by atoms with Gasteiger partial charge in [0.05, 0.1) is 12.1 Å². The normalized spacial score (nSPS) is 15.9. The van der Waals surface area contributed by atoms with Crippen LogP contribution in [-0.4, -0.2) is 70.1 Å². The zero-order chi connectivity index (χ0) is 25.2. The number of nitrogens with two attached hydrogens (primary N) is 2. The van der Waals surface area contributed by atoms with Crippen molar-refractivity contribution >= 4 is 29.6 Å². The molecule has 0 heterocycles. The predicted molar refractivity (Wildman–Crippen MR) is 116 cm³/mol. The van der Waals surface area contributed by atoms with Crippen molar-refractivity contribution in [1.29, 1.82) is 0 Å². The quantitative estimate of drug-likeness (QED) is 0.157. The second-order valence-electron chi connectivity index (χ2n) is 8.59. The highest BCUT2D eigenvalue weighted by Crippen LogP contribution is 2.08. The van der Waals surface area contributed by atoms with Gasteiger partial charge in [0.15, 0.2) is 0 Å². The Morgan fingerprint density at radius 2 is 1.38 bits per heavy atom. The molecule has 32 heavy (non-hydrogen) atoms. The summed E-state index contributed by atoms with van der Waals surface area (Å²) in [5, 5.41) is 26.4. The third-order valence-corrected chi connectivity index (χ3v) is 4.72. The highest BCUT2D eigenvalue weighted by molar-refractivity contribution is 5.94. The number of carbonyl (C=O) groups is 5. The smallest absolute Gasteiger partial charge is 0.326 e. The molecule has 0 bridgehead atoms. The maximum absolute atomic E-state index is 12.8. The lowest BCUT2D eigenvalue weighted by molar-refractivity contribution is -0.143. The van der Waals surface area contributed by atoms with Crippen molar-refractivity contribution in [3.05, 3.63) is 0 Å². The van der Waals surface area contributed by atoms with Crippen molar-refractivity contribution in [1.82, 2.24) is 16.0 Å². The molecule has 12 nitrogen and oxygen atoms in total. The molecule has 12 heteroatoms. The van der Waals surface area contributed by atoms with Crippen LogP contribution in [-0.2, 0) is 24.0 Å². The summed E-state index contributed by atoms with van der Waals surface area (Å²) < 4.78 is 0. The van der Waals surface area contributed by atoms with Gasteiger partial charge in [0.25, 0.3) is 0 Å². The van der Waals surface area contributed by atoms with Gasteiger partial charge >= 0.3 is 5.97 Å². The summed E-state index contributed by atoms with van der Waals surface area (Å²) in [6, 6.07) is -4.80. The van der Waals surface area contributed by atoms with Gasteiger partial charge in [-0.05, 0) is 31.6 Å². The minimum Gasteiger partial charge on any atom is -0.480 e. The van der Waals surface area contributed by atoms with Crippen LogP contribution in [0.25, 0.3) is 0 Å². The molecule has 0 aromatic rings. The van der Waals surface area contributed by atoms with Crippen molar-refractivity contribution in [2.45, 2.75) is 84.2 Å². The molecule has 184 valence electrons. The maximum Gasteiger partial charge on any atom is 0.326 e. The van der Waals surface area contributed by atoms with E-state index in [1.807, 2.05) is 13.8 Å². The van der Waals surface area contributed by atoms with E-state index in [-0.39, 0.29) is 31.1 Å². The largest absolute Gasteiger partial charge is 0.480 e. The van der Waals surface area contributed by atoms with Gasteiger partial charge in [-0.15, -0.1) is 0 Å². The minimum atomic E-state index is -1.50. The number of aliphatic hydroxyl groups excluding tert-OH is 1. The number of carboxylic acid groups (broad SMARTS) is 1. The Hall–Kier alpha value is -2.73. The minimum absolute atomic E-state index is 0.00495. The van der Waals surface area contributed by atoms with Crippen LogP contribution in [0.4, 0.5) is 0 Å². The van der Waals surface area contributed by atoms with Crippen LogP contribution in [0.5, 0.6) is 0 Å². The van der Waals surface area contributed by atoms with Crippen molar-refractivity contribution in [3.8, 4) is 0 Å². The predicted octanol–water partition coefficient (Wildman–Crippen LogP) is -1.80. The standard InChI is InChI=1S/C20H37N5O7/c1-9(2)8-13(24-18(29)15(22)10(3)4)17(28)25-16(11(5)26)19(30)23-12(20(31)32)6-7-14(21)27/h9-13,15-16,26H,6-8,22H2,1-5H3,(H2,21,27)(H,23,30)(H,24,29)(H,25,28)(H,31,32).